The quantitative estimate of drug-likeness (QED) is 0.453. The fourth-order valence-corrected chi connectivity index (χ4v) is 1.13. The number of hydrogen-bond acceptors (Lipinski definition) is 4. The van der Waals surface area contributed by atoms with E-state index in [0.29, 0.717) is 17.4 Å². The fraction of sp³-hybridized carbons (Fsp3) is 0.0909. The summed E-state index contributed by atoms with van der Waals surface area (Å²) in [6.45, 7) is 0. The lowest BCUT2D eigenvalue weighted by Crippen LogP contribution is -2.05. The van der Waals surface area contributed by atoms with Crippen LogP contribution in [0.15, 0.2) is 30.3 Å². The van der Waals surface area contributed by atoms with Crippen molar-refractivity contribution in [2.75, 3.05) is 7.11 Å². The third-order valence-corrected chi connectivity index (χ3v) is 1.87. The minimum Gasteiger partial charge on any atom is -0.466 e. The highest BCUT2D eigenvalue weighted by Gasteiger charge is 2.05. The molecule has 4 heteroatoms. The van der Waals surface area contributed by atoms with Gasteiger partial charge in [-0.2, -0.15) is 0 Å². The molecule has 0 aliphatic heterocycles. The zero-order chi connectivity index (χ0) is 11.3. The highest BCUT2D eigenvalue weighted by atomic mass is 16.5. The zero-order valence-electron chi connectivity index (χ0n) is 8.27. The van der Waals surface area contributed by atoms with Gasteiger partial charge in [0, 0.05) is 22.9 Å². The first-order chi connectivity index (χ1) is 7.19. The van der Waals surface area contributed by atoms with Crippen molar-refractivity contribution >= 4 is 18.0 Å². The summed E-state index contributed by atoms with van der Waals surface area (Å²) in [4.78, 5) is 21.6. The summed E-state index contributed by atoms with van der Waals surface area (Å²) in [5.74, 6) is -0.548. The van der Waals surface area contributed by atoms with E-state index >= 15 is 0 Å². The van der Waals surface area contributed by atoms with E-state index in [1.165, 1.54) is 7.11 Å². The van der Waals surface area contributed by atoms with E-state index in [4.69, 9.17) is 5.73 Å². The number of carbonyl (C=O) groups is 2. The van der Waals surface area contributed by atoms with E-state index < -0.39 is 5.97 Å². The minimum absolute atomic E-state index is 0.213. The third-order valence-electron chi connectivity index (χ3n) is 1.87. The van der Waals surface area contributed by atoms with Crippen molar-refractivity contribution in [3.8, 4) is 0 Å². The van der Waals surface area contributed by atoms with Gasteiger partial charge in [-0.05, 0) is 0 Å². The molecule has 0 saturated heterocycles. The molecule has 78 valence electrons. The first-order valence-corrected chi connectivity index (χ1v) is 4.28. The van der Waals surface area contributed by atoms with E-state index in [-0.39, 0.29) is 5.70 Å². The average molecular weight is 205 g/mol. The molecule has 0 aliphatic rings. The number of aldehydes is 1. The first kappa shape index (κ1) is 11.0. The summed E-state index contributed by atoms with van der Waals surface area (Å²) in [7, 11) is 1.26. The van der Waals surface area contributed by atoms with Crippen LogP contribution in [0.25, 0.3) is 5.70 Å². The number of ether oxygens (including phenoxy) is 1. The molecular formula is C11H11NO3. The van der Waals surface area contributed by atoms with Crippen molar-refractivity contribution < 1.29 is 14.3 Å². The summed E-state index contributed by atoms with van der Waals surface area (Å²) < 4.78 is 4.43. The molecule has 1 rings (SSSR count). The van der Waals surface area contributed by atoms with Crippen LogP contribution in [0.5, 0.6) is 0 Å². The second-order valence-corrected chi connectivity index (χ2v) is 2.83. The van der Waals surface area contributed by atoms with Crippen LogP contribution in [0.1, 0.15) is 15.9 Å². The van der Waals surface area contributed by atoms with Crippen molar-refractivity contribution in [1.82, 2.24) is 0 Å². The molecule has 0 fully saturated rings. The Morgan fingerprint density at radius 3 is 2.67 bits per heavy atom. The van der Waals surface area contributed by atoms with Crippen LogP contribution in [-0.2, 0) is 9.53 Å². The van der Waals surface area contributed by atoms with Crippen LogP contribution >= 0.6 is 0 Å². The number of hydrogen-bond donors (Lipinski definition) is 1. The van der Waals surface area contributed by atoms with Crippen LogP contribution in [0.4, 0.5) is 0 Å². The summed E-state index contributed by atoms with van der Waals surface area (Å²) in [6.07, 6.45) is 1.83. The van der Waals surface area contributed by atoms with Gasteiger partial charge in [0.2, 0.25) is 0 Å². The standard InChI is InChI=1S/C11H11NO3/c1-15-11(14)6-10(12)9-5-3-2-4-8(9)7-13/h2-7H,12H2,1H3/b10-6-. The van der Waals surface area contributed by atoms with Gasteiger partial charge >= 0.3 is 5.97 Å². The van der Waals surface area contributed by atoms with E-state index in [1.807, 2.05) is 0 Å². The van der Waals surface area contributed by atoms with Crippen LogP contribution in [0, 0.1) is 0 Å². The number of rotatable bonds is 3. The number of nitrogens with two attached hydrogens (primary N) is 1. The topological polar surface area (TPSA) is 69.4 Å². The molecule has 0 unspecified atom stereocenters. The van der Waals surface area contributed by atoms with Crippen molar-refractivity contribution in [2.45, 2.75) is 0 Å². The predicted molar refractivity (Wildman–Crippen MR) is 56.0 cm³/mol. The average Bonchev–Trinajstić information content (AvgIpc) is 2.28. The summed E-state index contributed by atoms with van der Waals surface area (Å²) in [6, 6.07) is 6.75. The number of benzene rings is 1. The number of esters is 1. The van der Waals surface area contributed by atoms with Gasteiger partial charge in [0.15, 0.2) is 6.29 Å². The van der Waals surface area contributed by atoms with Crippen LogP contribution < -0.4 is 5.73 Å². The van der Waals surface area contributed by atoms with E-state index in [1.54, 1.807) is 24.3 Å². The smallest absolute Gasteiger partial charge is 0.332 e. The molecule has 0 aromatic heterocycles. The van der Waals surface area contributed by atoms with Crippen molar-refractivity contribution in [3.05, 3.63) is 41.5 Å². The highest BCUT2D eigenvalue weighted by molar-refractivity contribution is 5.93. The number of methoxy groups -OCH3 is 1. The molecule has 1 aromatic carbocycles. The Morgan fingerprint density at radius 1 is 1.40 bits per heavy atom. The lowest BCUT2D eigenvalue weighted by molar-refractivity contribution is -0.134. The second kappa shape index (κ2) is 4.95. The lowest BCUT2D eigenvalue weighted by Gasteiger charge is -2.03. The molecular weight excluding hydrogens is 194 g/mol. The molecule has 0 spiro atoms. The van der Waals surface area contributed by atoms with Crippen molar-refractivity contribution in [1.29, 1.82) is 0 Å². The Morgan fingerprint density at radius 2 is 2.07 bits per heavy atom. The van der Waals surface area contributed by atoms with Gasteiger partial charge in [0.05, 0.1) is 7.11 Å². The van der Waals surface area contributed by atoms with Gasteiger partial charge in [0.25, 0.3) is 0 Å². The molecule has 2 N–H and O–H groups in total. The largest absolute Gasteiger partial charge is 0.466 e. The summed E-state index contributed by atoms with van der Waals surface area (Å²) in [5.41, 5.74) is 6.83. The van der Waals surface area contributed by atoms with Crippen LogP contribution in [0.2, 0.25) is 0 Å². The van der Waals surface area contributed by atoms with E-state index in [0.717, 1.165) is 6.08 Å². The monoisotopic (exact) mass is 205 g/mol. The maximum Gasteiger partial charge on any atom is 0.332 e. The molecule has 1 aromatic rings. The van der Waals surface area contributed by atoms with Gasteiger partial charge in [-0.25, -0.2) is 4.79 Å². The lowest BCUT2D eigenvalue weighted by atomic mass is 10.1. The van der Waals surface area contributed by atoms with Gasteiger partial charge in [-0.3, -0.25) is 4.79 Å². The highest BCUT2D eigenvalue weighted by Crippen LogP contribution is 2.13. The van der Waals surface area contributed by atoms with Crippen LogP contribution in [0.3, 0.4) is 0 Å². The van der Waals surface area contributed by atoms with Gasteiger partial charge in [-0.1, -0.05) is 24.3 Å². The third kappa shape index (κ3) is 2.67. The molecule has 0 atom stereocenters. The zero-order valence-corrected chi connectivity index (χ0v) is 8.27. The molecule has 4 nitrogen and oxygen atoms in total. The molecule has 15 heavy (non-hydrogen) atoms. The maximum absolute atomic E-state index is 10.9. The Kier molecular flexibility index (Phi) is 3.62. The summed E-state index contributed by atoms with van der Waals surface area (Å²) >= 11 is 0. The van der Waals surface area contributed by atoms with Gasteiger partial charge in [0.1, 0.15) is 0 Å². The van der Waals surface area contributed by atoms with Crippen LogP contribution in [-0.4, -0.2) is 19.4 Å². The fourth-order valence-electron chi connectivity index (χ4n) is 1.13. The summed E-state index contributed by atoms with van der Waals surface area (Å²) in [5, 5.41) is 0. The Labute approximate surface area is 87.3 Å². The maximum atomic E-state index is 10.9. The number of carbonyl (C=O) groups excluding carboxylic acids is 2. The van der Waals surface area contributed by atoms with Gasteiger partial charge in [-0.15, -0.1) is 0 Å². The first-order valence-electron chi connectivity index (χ1n) is 4.28. The van der Waals surface area contributed by atoms with E-state index in [2.05, 4.69) is 4.74 Å². The minimum atomic E-state index is -0.548. The Balaban J connectivity index is 3.10. The molecule has 0 heterocycles. The molecule has 0 aliphatic carbocycles. The SMILES string of the molecule is COC(=O)/C=C(\N)c1ccccc1C=O. The predicted octanol–water partition coefficient (Wildman–Crippen LogP) is 0.972. The molecule has 0 bridgehead atoms. The van der Waals surface area contributed by atoms with Gasteiger partial charge < -0.3 is 10.5 Å². The van der Waals surface area contributed by atoms with Crippen molar-refractivity contribution in [3.63, 3.8) is 0 Å². The van der Waals surface area contributed by atoms with E-state index in [9.17, 15) is 9.59 Å². The Hall–Kier alpha value is -2.10. The van der Waals surface area contributed by atoms with Crippen molar-refractivity contribution in [2.24, 2.45) is 5.73 Å². The second-order valence-electron chi connectivity index (χ2n) is 2.83. The molecule has 0 amide bonds. The Bertz CT molecular complexity index is 410. The molecule has 0 saturated carbocycles. The molecule has 0 radical (unpaired) electrons. The normalized spacial score (nSPS) is 10.9.